The number of aliphatic hydroxyl groups is 1. The standard InChI is InChI=1S/C10H23NO2/c1-4-9(2)10(3,8-11)13-7-5-6-12/h9,12H,4-8,11H2,1-3H3. The van der Waals surface area contributed by atoms with Crippen LogP contribution in [0.1, 0.15) is 33.6 Å². The minimum Gasteiger partial charge on any atom is -0.396 e. The molecule has 0 aromatic carbocycles. The van der Waals surface area contributed by atoms with Crippen LogP contribution >= 0.6 is 0 Å². The van der Waals surface area contributed by atoms with Gasteiger partial charge in [0.2, 0.25) is 0 Å². The van der Waals surface area contributed by atoms with Crippen LogP contribution in [0.2, 0.25) is 0 Å². The van der Waals surface area contributed by atoms with Gasteiger partial charge in [0.1, 0.15) is 0 Å². The Labute approximate surface area is 81.3 Å². The Kier molecular flexibility index (Phi) is 6.29. The molecule has 0 rings (SSSR count). The van der Waals surface area contributed by atoms with E-state index in [1.807, 2.05) is 6.92 Å². The van der Waals surface area contributed by atoms with Crippen LogP contribution in [0.3, 0.4) is 0 Å². The Morgan fingerprint density at radius 1 is 1.54 bits per heavy atom. The van der Waals surface area contributed by atoms with E-state index in [0.717, 1.165) is 6.42 Å². The summed E-state index contributed by atoms with van der Waals surface area (Å²) in [6.07, 6.45) is 1.75. The van der Waals surface area contributed by atoms with Crippen LogP contribution < -0.4 is 5.73 Å². The lowest BCUT2D eigenvalue weighted by Crippen LogP contribution is -2.43. The van der Waals surface area contributed by atoms with Gasteiger partial charge in [-0.25, -0.2) is 0 Å². The van der Waals surface area contributed by atoms with Gasteiger partial charge in [-0.2, -0.15) is 0 Å². The molecule has 3 N–H and O–H groups in total. The normalized spacial score (nSPS) is 18.2. The lowest BCUT2D eigenvalue weighted by atomic mass is 9.88. The topological polar surface area (TPSA) is 55.5 Å². The first-order valence-corrected chi connectivity index (χ1v) is 5.05. The summed E-state index contributed by atoms with van der Waals surface area (Å²) in [5, 5.41) is 8.62. The first-order chi connectivity index (χ1) is 6.10. The highest BCUT2D eigenvalue weighted by Gasteiger charge is 2.28. The summed E-state index contributed by atoms with van der Waals surface area (Å²) in [5.74, 6) is 0.455. The zero-order valence-corrected chi connectivity index (χ0v) is 9.05. The molecule has 0 spiro atoms. The van der Waals surface area contributed by atoms with Crippen LogP contribution in [-0.4, -0.2) is 30.5 Å². The molecule has 0 heterocycles. The van der Waals surface area contributed by atoms with Crippen LogP contribution in [-0.2, 0) is 4.74 Å². The van der Waals surface area contributed by atoms with Gasteiger partial charge in [-0.05, 0) is 19.3 Å². The Morgan fingerprint density at radius 2 is 2.15 bits per heavy atom. The second-order valence-electron chi connectivity index (χ2n) is 3.75. The van der Waals surface area contributed by atoms with Crippen molar-refractivity contribution in [2.24, 2.45) is 11.7 Å². The minimum absolute atomic E-state index is 0.182. The highest BCUT2D eigenvalue weighted by molar-refractivity contribution is 4.81. The summed E-state index contributed by atoms with van der Waals surface area (Å²) >= 11 is 0. The van der Waals surface area contributed by atoms with E-state index >= 15 is 0 Å². The molecule has 0 aromatic rings. The molecule has 0 bridgehead atoms. The first kappa shape index (κ1) is 12.9. The van der Waals surface area contributed by atoms with Gasteiger partial charge >= 0.3 is 0 Å². The van der Waals surface area contributed by atoms with Gasteiger partial charge in [0.15, 0.2) is 0 Å². The molecular formula is C10H23NO2. The van der Waals surface area contributed by atoms with Gasteiger partial charge in [0.05, 0.1) is 5.60 Å². The fourth-order valence-electron chi connectivity index (χ4n) is 1.20. The van der Waals surface area contributed by atoms with E-state index in [1.165, 1.54) is 0 Å². The van der Waals surface area contributed by atoms with Crippen molar-refractivity contribution in [3.05, 3.63) is 0 Å². The molecule has 3 nitrogen and oxygen atoms in total. The van der Waals surface area contributed by atoms with Crippen molar-refractivity contribution < 1.29 is 9.84 Å². The molecule has 0 radical (unpaired) electrons. The number of rotatable bonds is 7. The third-order valence-electron chi connectivity index (χ3n) is 2.79. The molecule has 0 fully saturated rings. The highest BCUT2D eigenvalue weighted by atomic mass is 16.5. The molecule has 0 aliphatic rings. The first-order valence-electron chi connectivity index (χ1n) is 5.05. The molecule has 0 saturated carbocycles. The minimum atomic E-state index is -0.232. The van der Waals surface area contributed by atoms with Crippen LogP contribution in [0.4, 0.5) is 0 Å². The van der Waals surface area contributed by atoms with Crippen molar-refractivity contribution in [1.29, 1.82) is 0 Å². The van der Waals surface area contributed by atoms with Gasteiger partial charge < -0.3 is 15.6 Å². The zero-order valence-electron chi connectivity index (χ0n) is 9.05. The predicted molar refractivity (Wildman–Crippen MR) is 54.6 cm³/mol. The maximum absolute atomic E-state index is 8.62. The predicted octanol–water partition coefficient (Wildman–Crippen LogP) is 1.15. The lowest BCUT2D eigenvalue weighted by Gasteiger charge is -2.34. The lowest BCUT2D eigenvalue weighted by molar-refractivity contribution is -0.0666. The summed E-state index contributed by atoms with van der Waals surface area (Å²) in [7, 11) is 0. The smallest absolute Gasteiger partial charge is 0.0801 e. The average molecular weight is 189 g/mol. The third kappa shape index (κ3) is 4.07. The van der Waals surface area contributed by atoms with Crippen LogP contribution in [0.25, 0.3) is 0 Å². The fraction of sp³-hybridized carbons (Fsp3) is 1.00. The Balaban J connectivity index is 3.95. The van der Waals surface area contributed by atoms with E-state index in [0.29, 0.717) is 25.5 Å². The van der Waals surface area contributed by atoms with Crippen molar-refractivity contribution in [3.8, 4) is 0 Å². The zero-order chi connectivity index (χ0) is 10.3. The van der Waals surface area contributed by atoms with Crippen molar-refractivity contribution in [2.75, 3.05) is 19.8 Å². The van der Waals surface area contributed by atoms with Gasteiger partial charge in [-0.1, -0.05) is 20.3 Å². The average Bonchev–Trinajstić information content (AvgIpc) is 2.16. The summed E-state index contributed by atoms with van der Waals surface area (Å²) in [4.78, 5) is 0. The summed E-state index contributed by atoms with van der Waals surface area (Å²) < 4.78 is 5.69. The highest BCUT2D eigenvalue weighted by Crippen LogP contribution is 2.23. The number of ether oxygens (including phenoxy) is 1. The van der Waals surface area contributed by atoms with Crippen molar-refractivity contribution in [2.45, 2.75) is 39.2 Å². The number of hydrogen-bond acceptors (Lipinski definition) is 3. The van der Waals surface area contributed by atoms with E-state index in [1.54, 1.807) is 0 Å². The maximum atomic E-state index is 8.62. The van der Waals surface area contributed by atoms with Crippen LogP contribution in [0, 0.1) is 5.92 Å². The summed E-state index contributed by atoms with van der Waals surface area (Å²) in [5.41, 5.74) is 5.45. The Bertz CT molecular complexity index is 130. The molecule has 80 valence electrons. The molecule has 0 aliphatic carbocycles. The van der Waals surface area contributed by atoms with Gasteiger partial charge in [0.25, 0.3) is 0 Å². The molecule has 2 atom stereocenters. The second-order valence-corrected chi connectivity index (χ2v) is 3.75. The number of nitrogens with two attached hydrogens (primary N) is 1. The SMILES string of the molecule is CCC(C)C(C)(CN)OCCCO. The number of aliphatic hydroxyl groups excluding tert-OH is 1. The van der Waals surface area contributed by atoms with Crippen LogP contribution in [0.5, 0.6) is 0 Å². The second kappa shape index (κ2) is 6.35. The third-order valence-corrected chi connectivity index (χ3v) is 2.79. The number of hydrogen-bond donors (Lipinski definition) is 2. The van der Waals surface area contributed by atoms with E-state index < -0.39 is 0 Å². The van der Waals surface area contributed by atoms with Crippen molar-refractivity contribution >= 4 is 0 Å². The largest absolute Gasteiger partial charge is 0.396 e. The molecule has 13 heavy (non-hydrogen) atoms. The van der Waals surface area contributed by atoms with Gasteiger partial charge in [-0.15, -0.1) is 0 Å². The molecule has 0 saturated heterocycles. The Hall–Kier alpha value is -0.120. The summed E-state index contributed by atoms with van der Waals surface area (Å²) in [6.45, 7) is 7.63. The van der Waals surface area contributed by atoms with Crippen LogP contribution in [0.15, 0.2) is 0 Å². The fourth-order valence-corrected chi connectivity index (χ4v) is 1.20. The monoisotopic (exact) mass is 189 g/mol. The van der Waals surface area contributed by atoms with Gasteiger partial charge in [0, 0.05) is 19.8 Å². The molecule has 3 heteroatoms. The van der Waals surface area contributed by atoms with Crippen molar-refractivity contribution in [1.82, 2.24) is 0 Å². The Morgan fingerprint density at radius 3 is 2.54 bits per heavy atom. The van der Waals surface area contributed by atoms with E-state index in [4.69, 9.17) is 15.6 Å². The van der Waals surface area contributed by atoms with E-state index in [9.17, 15) is 0 Å². The molecule has 0 aromatic heterocycles. The van der Waals surface area contributed by atoms with Crippen molar-refractivity contribution in [3.63, 3.8) is 0 Å². The van der Waals surface area contributed by atoms with Gasteiger partial charge in [-0.3, -0.25) is 0 Å². The molecule has 2 unspecified atom stereocenters. The van der Waals surface area contributed by atoms with E-state index in [-0.39, 0.29) is 12.2 Å². The van der Waals surface area contributed by atoms with E-state index in [2.05, 4.69) is 13.8 Å². The molecule has 0 aliphatic heterocycles. The summed E-state index contributed by atoms with van der Waals surface area (Å²) in [6, 6.07) is 0. The quantitative estimate of drug-likeness (QED) is 0.591. The molecular weight excluding hydrogens is 166 g/mol. The maximum Gasteiger partial charge on any atom is 0.0801 e. The molecule has 0 amide bonds.